The molecule has 0 radical (unpaired) electrons. The third-order valence-electron chi connectivity index (χ3n) is 4.35. The molecule has 2 rings (SSSR count). The van der Waals surface area contributed by atoms with Crippen molar-refractivity contribution in [2.24, 2.45) is 17.1 Å². The molecule has 4 heteroatoms. The van der Waals surface area contributed by atoms with Crippen molar-refractivity contribution in [3.63, 3.8) is 0 Å². The Balaban J connectivity index is 1.70. The Hall–Kier alpha value is -0.160. The van der Waals surface area contributed by atoms with E-state index in [4.69, 9.17) is 19.9 Å². The molecule has 2 aliphatic rings. The van der Waals surface area contributed by atoms with E-state index in [9.17, 15) is 0 Å². The number of hydrogen-bond donors (Lipinski definition) is 1. The Bertz CT molecular complexity index is 245. The maximum atomic E-state index is 6.05. The van der Waals surface area contributed by atoms with Crippen molar-refractivity contribution in [2.75, 3.05) is 40.1 Å². The predicted molar refractivity (Wildman–Crippen MR) is 70.5 cm³/mol. The van der Waals surface area contributed by atoms with E-state index in [-0.39, 0.29) is 5.41 Å². The van der Waals surface area contributed by atoms with Gasteiger partial charge < -0.3 is 19.9 Å². The Morgan fingerprint density at radius 1 is 1.28 bits per heavy atom. The summed E-state index contributed by atoms with van der Waals surface area (Å²) in [4.78, 5) is 0. The van der Waals surface area contributed by atoms with Crippen molar-refractivity contribution in [1.29, 1.82) is 0 Å². The summed E-state index contributed by atoms with van der Waals surface area (Å²) >= 11 is 0. The second-order valence-corrected chi connectivity index (χ2v) is 5.65. The van der Waals surface area contributed by atoms with Crippen molar-refractivity contribution in [1.82, 2.24) is 0 Å². The summed E-state index contributed by atoms with van der Waals surface area (Å²) < 4.78 is 16.4. The summed E-state index contributed by atoms with van der Waals surface area (Å²) in [5, 5.41) is 0. The van der Waals surface area contributed by atoms with Crippen molar-refractivity contribution in [2.45, 2.75) is 38.2 Å². The average Bonchev–Trinajstić information content (AvgIpc) is 3.15. The highest BCUT2D eigenvalue weighted by atomic mass is 16.5. The molecular formula is C14H27NO3. The fourth-order valence-electron chi connectivity index (χ4n) is 3.10. The van der Waals surface area contributed by atoms with Gasteiger partial charge in [-0.25, -0.2) is 0 Å². The molecule has 2 N–H and O–H groups in total. The summed E-state index contributed by atoms with van der Waals surface area (Å²) in [6, 6.07) is 0. The van der Waals surface area contributed by atoms with Crippen LogP contribution in [0.5, 0.6) is 0 Å². The second kappa shape index (κ2) is 6.85. The van der Waals surface area contributed by atoms with Crippen LogP contribution in [0.15, 0.2) is 0 Å². The van der Waals surface area contributed by atoms with Crippen LogP contribution in [0.1, 0.15) is 32.1 Å². The number of rotatable bonds is 9. The van der Waals surface area contributed by atoms with Gasteiger partial charge in [0.15, 0.2) is 0 Å². The van der Waals surface area contributed by atoms with Gasteiger partial charge in [-0.1, -0.05) is 0 Å². The van der Waals surface area contributed by atoms with Gasteiger partial charge in [-0.05, 0) is 38.0 Å². The van der Waals surface area contributed by atoms with E-state index >= 15 is 0 Å². The fourth-order valence-corrected chi connectivity index (χ4v) is 3.10. The first kappa shape index (κ1) is 14.3. The van der Waals surface area contributed by atoms with Crippen LogP contribution in [-0.4, -0.2) is 46.2 Å². The number of ether oxygens (including phenoxy) is 3. The van der Waals surface area contributed by atoms with Gasteiger partial charge in [-0.3, -0.25) is 0 Å². The van der Waals surface area contributed by atoms with Gasteiger partial charge in [0.25, 0.3) is 0 Å². The van der Waals surface area contributed by atoms with Gasteiger partial charge in [0.1, 0.15) is 0 Å². The van der Waals surface area contributed by atoms with Gasteiger partial charge in [-0.2, -0.15) is 0 Å². The summed E-state index contributed by atoms with van der Waals surface area (Å²) in [7, 11) is 1.70. The monoisotopic (exact) mass is 257 g/mol. The second-order valence-electron chi connectivity index (χ2n) is 5.65. The zero-order valence-corrected chi connectivity index (χ0v) is 11.5. The maximum absolute atomic E-state index is 6.05. The minimum Gasteiger partial charge on any atom is -0.382 e. The lowest BCUT2D eigenvalue weighted by atomic mass is 9.75. The molecule has 0 bridgehead atoms. The van der Waals surface area contributed by atoms with Gasteiger partial charge in [0.05, 0.1) is 19.3 Å². The first-order chi connectivity index (χ1) is 8.82. The highest BCUT2D eigenvalue weighted by Crippen LogP contribution is 2.49. The molecule has 0 aromatic rings. The molecular weight excluding hydrogens is 230 g/mol. The molecule has 1 heterocycles. The first-order valence-electron chi connectivity index (χ1n) is 7.21. The van der Waals surface area contributed by atoms with Crippen LogP contribution in [0, 0.1) is 11.3 Å². The molecule has 0 aromatic heterocycles. The van der Waals surface area contributed by atoms with Crippen LogP contribution < -0.4 is 5.73 Å². The van der Waals surface area contributed by atoms with Gasteiger partial charge >= 0.3 is 0 Å². The average molecular weight is 257 g/mol. The third-order valence-corrected chi connectivity index (χ3v) is 4.35. The quantitative estimate of drug-likeness (QED) is 0.637. The van der Waals surface area contributed by atoms with Gasteiger partial charge in [-0.15, -0.1) is 0 Å². The Labute approximate surface area is 110 Å². The van der Waals surface area contributed by atoms with E-state index in [1.54, 1.807) is 7.11 Å². The summed E-state index contributed by atoms with van der Waals surface area (Å²) in [5.41, 5.74) is 6.27. The van der Waals surface area contributed by atoms with Crippen LogP contribution in [0.3, 0.4) is 0 Å². The zero-order valence-electron chi connectivity index (χ0n) is 11.5. The summed E-state index contributed by atoms with van der Waals surface area (Å²) in [6.07, 6.45) is 6.42. The van der Waals surface area contributed by atoms with E-state index in [2.05, 4.69) is 0 Å². The lowest BCUT2D eigenvalue weighted by Crippen LogP contribution is -2.39. The van der Waals surface area contributed by atoms with Crippen molar-refractivity contribution < 1.29 is 14.2 Å². The SMILES string of the molecule is COCCOCCCC1(CN)CCOC1C1CC1. The number of hydrogen-bond acceptors (Lipinski definition) is 4. The Kier molecular flexibility index (Phi) is 5.42. The highest BCUT2D eigenvalue weighted by Gasteiger charge is 2.49. The van der Waals surface area contributed by atoms with E-state index in [0.29, 0.717) is 19.3 Å². The highest BCUT2D eigenvalue weighted by molar-refractivity contribution is 4.99. The molecule has 4 nitrogen and oxygen atoms in total. The topological polar surface area (TPSA) is 53.7 Å². The van der Waals surface area contributed by atoms with Crippen LogP contribution in [0.25, 0.3) is 0 Å². The van der Waals surface area contributed by atoms with Crippen molar-refractivity contribution in [3.05, 3.63) is 0 Å². The molecule has 2 fully saturated rings. The van der Waals surface area contributed by atoms with Crippen molar-refractivity contribution in [3.8, 4) is 0 Å². The van der Waals surface area contributed by atoms with E-state index in [1.807, 2.05) is 0 Å². The zero-order chi connectivity index (χ0) is 12.8. The van der Waals surface area contributed by atoms with E-state index in [1.165, 1.54) is 12.8 Å². The molecule has 1 saturated carbocycles. The molecule has 0 spiro atoms. The summed E-state index contributed by atoms with van der Waals surface area (Å²) in [6.45, 7) is 3.82. The van der Waals surface area contributed by atoms with Crippen LogP contribution >= 0.6 is 0 Å². The first-order valence-corrected chi connectivity index (χ1v) is 7.21. The normalized spacial score (nSPS) is 32.0. The Morgan fingerprint density at radius 3 is 2.78 bits per heavy atom. The largest absolute Gasteiger partial charge is 0.382 e. The molecule has 2 unspecified atom stereocenters. The van der Waals surface area contributed by atoms with Crippen LogP contribution in [0.4, 0.5) is 0 Å². The van der Waals surface area contributed by atoms with Crippen LogP contribution in [-0.2, 0) is 14.2 Å². The lowest BCUT2D eigenvalue weighted by molar-refractivity contribution is 0.0211. The molecule has 0 aromatic carbocycles. The molecule has 1 saturated heterocycles. The van der Waals surface area contributed by atoms with Gasteiger partial charge in [0.2, 0.25) is 0 Å². The predicted octanol–water partition coefficient (Wildman–Crippen LogP) is 1.57. The third kappa shape index (κ3) is 3.44. The number of methoxy groups -OCH3 is 1. The van der Waals surface area contributed by atoms with Gasteiger partial charge in [0, 0.05) is 32.3 Å². The minimum absolute atomic E-state index is 0.228. The molecule has 1 aliphatic carbocycles. The minimum atomic E-state index is 0.228. The standard InChI is InChI=1S/C14H27NO3/c1-16-9-10-17-7-2-5-14(11-15)6-8-18-13(14)12-3-4-12/h12-13H,2-11,15H2,1H3. The lowest BCUT2D eigenvalue weighted by Gasteiger charge is -2.33. The molecule has 2 atom stereocenters. The van der Waals surface area contributed by atoms with E-state index in [0.717, 1.165) is 44.9 Å². The Morgan fingerprint density at radius 2 is 2.11 bits per heavy atom. The molecule has 1 aliphatic heterocycles. The van der Waals surface area contributed by atoms with Crippen molar-refractivity contribution >= 4 is 0 Å². The van der Waals surface area contributed by atoms with Crippen LogP contribution in [0.2, 0.25) is 0 Å². The molecule has 18 heavy (non-hydrogen) atoms. The summed E-state index contributed by atoms with van der Waals surface area (Å²) in [5.74, 6) is 0.783. The number of nitrogens with two attached hydrogens (primary N) is 1. The molecule has 0 amide bonds. The van der Waals surface area contributed by atoms with E-state index < -0.39 is 0 Å². The fraction of sp³-hybridized carbons (Fsp3) is 1.00. The molecule has 106 valence electrons. The maximum Gasteiger partial charge on any atom is 0.0700 e. The smallest absolute Gasteiger partial charge is 0.0700 e.